The highest BCUT2D eigenvalue weighted by Gasteiger charge is 2.05. The first-order valence-corrected chi connectivity index (χ1v) is 5.16. The van der Waals surface area contributed by atoms with Crippen molar-refractivity contribution in [1.82, 2.24) is 19.6 Å². The summed E-state index contributed by atoms with van der Waals surface area (Å²) in [6, 6.07) is 1.33. The number of hydrogen-bond donors (Lipinski definition) is 2. The molecule has 0 aliphatic rings. The molecule has 82 valence electrons. The van der Waals surface area contributed by atoms with Crippen LogP contribution in [0.15, 0.2) is 18.5 Å². The lowest BCUT2D eigenvalue weighted by molar-refractivity contribution is 0.262. The SMILES string of the molecule is Cc1ccnc(NC(=O)Nc2cnns2)n1. The van der Waals surface area contributed by atoms with Crippen molar-refractivity contribution in [3.05, 3.63) is 24.2 Å². The van der Waals surface area contributed by atoms with E-state index in [1.54, 1.807) is 12.3 Å². The van der Waals surface area contributed by atoms with Gasteiger partial charge in [-0.3, -0.25) is 10.6 Å². The Hall–Kier alpha value is -2.09. The van der Waals surface area contributed by atoms with Crippen LogP contribution >= 0.6 is 11.5 Å². The average Bonchev–Trinajstić information content (AvgIpc) is 2.70. The van der Waals surface area contributed by atoms with E-state index in [1.165, 1.54) is 6.20 Å². The lowest BCUT2D eigenvalue weighted by atomic mass is 10.5. The van der Waals surface area contributed by atoms with Crippen LogP contribution in [-0.2, 0) is 0 Å². The van der Waals surface area contributed by atoms with E-state index >= 15 is 0 Å². The van der Waals surface area contributed by atoms with Crippen molar-refractivity contribution >= 4 is 28.5 Å². The lowest BCUT2D eigenvalue weighted by Gasteiger charge is -2.03. The molecule has 2 N–H and O–H groups in total. The molecule has 16 heavy (non-hydrogen) atoms. The second-order valence-electron chi connectivity index (χ2n) is 2.88. The Morgan fingerprint density at radius 2 is 2.31 bits per heavy atom. The standard InChI is InChI=1S/C8H8N6OS/c1-5-2-3-9-7(11-5)13-8(15)12-6-4-10-14-16-6/h2-4H,1H3,(H2,9,11,12,13,15). The number of aryl methyl sites for hydroxylation is 1. The lowest BCUT2D eigenvalue weighted by Crippen LogP contribution is -2.20. The van der Waals surface area contributed by atoms with E-state index < -0.39 is 6.03 Å². The molecule has 0 bridgehead atoms. The number of urea groups is 1. The smallest absolute Gasteiger partial charge is 0.296 e. The van der Waals surface area contributed by atoms with Crippen LogP contribution in [0.1, 0.15) is 5.69 Å². The van der Waals surface area contributed by atoms with E-state index in [0.29, 0.717) is 5.00 Å². The van der Waals surface area contributed by atoms with E-state index in [-0.39, 0.29) is 5.95 Å². The molecular formula is C8H8N6OS. The van der Waals surface area contributed by atoms with Gasteiger partial charge in [0.25, 0.3) is 0 Å². The van der Waals surface area contributed by atoms with Crippen LogP contribution in [0.2, 0.25) is 0 Å². The highest BCUT2D eigenvalue weighted by atomic mass is 32.1. The third-order valence-corrected chi connectivity index (χ3v) is 2.20. The highest BCUT2D eigenvalue weighted by molar-refractivity contribution is 7.10. The van der Waals surface area contributed by atoms with Gasteiger partial charge in [-0.1, -0.05) is 4.49 Å². The van der Waals surface area contributed by atoms with Gasteiger partial charge in [-0.25, -0.2) is 14.8 Å². The van der Waals surface area contributed by atoms with E-state index in [9.17, 15) is 4.79 Å². The van der Waals surface area contributed by atoms with Gasteiger partial charge < -0.3 is 0 Å². The molecule has 0 spiro atoms. The minimum absolute atomic E-state index is 0.259. The first kappa shape index (κ1) is 10.4. The van der Waals surface area contributed by atoms with E-state index in [4.69, 9.17) is 0 Å². The minimum atomic E-state index is -0.420. The number of nitrogens with one attached hydrogen (secondary N) is 2. The number of anilines is 2. The summed E-state index contributed by atoms with van der Waals surface area (Å²) < 4.78 is 3.61. The maximum Gasteiger partial charge on any atom is 0.326 e. The maximum absolute atomic E-state index is 11.4. The Balaban J connectivity index is 1.97. The van der Waals surface area contributed by atoms with E-state index in [0.717, 1.165) is 17.2 Å². The fourth-order valence-electron chi connectivity index (χ4n) is 0.976. The van der Waals surface area contributed by atoms with Crippen LogP contribution in [0.4, 0.5) is 15.7 Å². The monoisotopic (exact) mass is 236 g/mol. The quantitative estimate of drug-likeness (QED) is 0.819. The minimum Gasteiger partial charge on any atom is -0.296 e. The number of aromatic nitrogens is 4. The molecule has 0 aliphatic heterocycles. The van der Waals surface area contributed by atoms with Gasteiger partial charge in [-0.05, 0) is 13.0 Å². The maximum atomic E-state index is 11.4. The van der Waals surface area contributed by atoms with Gasteiger partial charge in [0.05, 0.1) is 6.20 Å². The van der Waals surface area contributed by atoms with Gasteiger partial charge in [0.15, 0.2) is 0 Å². The molecular weight excluding hydrogens is 228 g/mol. The van der Waals surface area contributed by atoms with Crippen molar-refractivity contribution in [2.45, 2.75) is 6.92 Å². The number of nitrogens with zero attached hydrogens (tertiary/aromatic N) is 4. The van der Waals surface area contributed by atoms with Gasteiger partial charge in [0.2, 0.25) is 5.95 Å². The van der Waals surface area contributed by atoms with Gasteiger partial charge >= 0.3 is 6.03 Å². The molecule has 2 heterocycles. The van der Waals surface area contributed by atoms with Crippen LogP contribution in [0, 0.1) is 6.92 Å². The summed E-state index contributed by atoms with van der Waals surface area (Å²) in [6.45, 7) is 1.82. The molecule has 0 fully saturated rings. The van der Waals surface area contributed by atoms with Crippen LogP contribution in [0.3, 0.4) is 0 Å². The van der Waals surface area contributed by atoms with Crippen LogP contribution < -0.4 is 10.6 Å². The third-order valence-electron chi connectivity index (χ3n) is 1.62. The summed E-state index contributed by atoms with van der Waals surface area (Å²) >= 11 is 1.09. The summed E-state index contributed by atoms with van der Waals surface area (Å²) in [5, 5.41) is 9.20. The normalized spacial score (nSPS) is 9.81. The topological polar surface area (TPSA) is 92.7 Å². The predicted octanol–water partition coefficient (Wildman–Crippen LogP) is 1.28. The van der Waals surface area contributed by atoms with Crippen LogP contribution in [-0.4, -0.2) is 25.6 Å². The van der Waals surface area contributed by atoms with Crippen molar-refractivity contribution < 1.29 is 4.79 Å². The molecule has 0 saturated carbocycles. The Kier molecular flexibility index (Phi) is 3.01. The number of carbonyl (C=O) groups is 1. The first-order valence-electron chi connectivity index (χ1n) is 4.39. The zero-order chi connectivity index (χ0) is 11.4. The summed E-state index contributed by atoms with van der Waals surface area (Å²) in [7, 11) is 0. The van der Waals surface area contributed by atoms with Gasteiger partial charge in [0, 0.05) is 23.4 Å². The molecule has 0 radical (unpaired) electrons. The molecule has 2 amide bonds. The first-order chi connectivity index (χ1) is 7.74. The fraction of sp³-hybridized carbons (Fsp3) is 0.125. The zero-order valence-electron chi connectivity index (χ0n) is 8.34. The largest absolute Gasteiger partial charge is 0.326 e. The van der Waals surface area contributed by atoms with Crippen LogP contribution in [0.5, 0.6) is 0 Å². The zero-order valence-corrected chi connectivity index (χ0v) is 9.15. The molecule has 0 saturated heterocycles. The van der Waals surface area contributed by atoms with Crippen molar-refractivity contribution in [1.29, 1.82) is 0 Å². The van der Waals surface area contributed by atoms with E-state index in [2.05, 4.69) is 30.2 Å². The average molecular weight is 236 g/mol. The third kappa shape index (κ3) is 2.70. The molecule has 0 aromatic carbocycles. The number of amides is 2. The molecule has 2 aromatic rings. The van der Waals surface area contributed by atoms with Crippen molar-refractivity contribution in [2.24, 2.45) is 0 Å². The van der Waals surface area contributed by atoms with Crippen molar-refractivity contribution in [2.75, 3.05) is 10.6 Å². The second kappa shape index (κ2) is 4.62. The molecule has 2 rings (SSSR count). The summed E-state index contributed by atoms with van der Waals surface area (Å²) in [5.41, 5.74) is 0.782. The number of carbonyl (C=O) groups excluding carboxylic acids is 1. The Bertz CT molecular complexity index is 485. The molecule has 0 aliphatic carbocycles. The van der Waals surface area contributed by atoms with Crippen LogP contribution in [0.25, 0.3) is 0 Å². The fourth-order valence-corrected chi connectivity index (χ4v) is 1.39. The molecule has 0 atom stereocenters. The second-order valence-corrected chi connectivity index (χ2v) is 3.67. The molecule has 7 nitrogen and oxygen atoms in total. The molecule has 8 heteroatoms. The Morgan fingerprint density at radius 3 is 3.00 bits per heavy atom. The Labute approximate surface area is 95.1 Å². The van der Waals surface area contributed by atoms with E-state index in [1.807, 2.05) is 6.92 Å². The molecule has 0 unspecified atom stereocenters. The Morgan fingerprint density at radius 1 is 1.44 bits per heavy atom. The summed E-state index contributed by atoms with van der Waals surface area (Å²) in [4.78, 5) is 19.4. The number of hydrogen-bond acceptors (Lipinski definition) is 6. The summed E-state index contributed by atoms with van der Waals surface area (Å²) in [6.07, 6.45) is 3.04. The molecule has 2 aromatic heterocycles. The van der Waals surface area contributed by atoms with Gasteiger partial charge in [0.1, 0.15) is 5.00 Å². The highest BCUT2D eigenvalue weighted by Crippen LogP contribution is 2.09. The number of rotatable bonds is 2. The predicted molar refractivity (Wildman–Crippen MR) is 59.3 cm³/mol. The summed E-state index contributed by atoms with van der Waals surface area (Å²) in [5.74, 6) is 0.259. The van der Waals surface area contributed by atoms with Crippen molar-refractivity contribution in [3.63, 3.8) is 0 Å². The van der Waals surface area contributed by atoms with Gasteiger partial charge in [-0.15, -0.1) is 5.10 Å². The van der Waals surface area contributed by atoms with Gasteiger partial charge in [-0.2, -0.15) is 0 Å². The van der Waals surface area contributed by atoms with Crippen molar-refractivity contribution in [3.8, 4) is 0 Å².